The number of thiazole rings is 1. The minimum absolute atomic E-state index is 0.798. The topological polar surface area (TPSA) is 22.1 Å². The van der Waals surface area contributed by atoms with Crippen LogP contribution in [0.25, 0.3) is 10.2 Å². The summed E-state index contributed by atoms with van der Waals surface area (Å²) in [7, 11) is 0. The Balaban J connectivity index is 2.15. The van der Waals surface area contributed by atoms with E-state index in [0.29, 0.717) is 0 Å². The molecule has 2 nitrogen and oxygen atoms in total. The standard InChI is InChI=1S/C12H14BrNOS/c1-2-3-6-15-9-4-5-10-11(7-9)16-12(8-13)14-10/h4-5,7H,2-3,6,8H2,1H3. The minimum atomic E-state index is 0.798. The van der Waals surface area contributed by atoms with Gasteiger partial charge in [-0.05, 0) is 24.6 Å². The summed E-state index contributed by atoms with van der Waals surface area (Å²) in [5, 5.41) is 1.93. The Hall–Kier alpha value is -0.610. The maximum atomic E-state index is 5.66. The molecular weight excluding hydrogens is 286 g/mol. The number of unbranched alkanes of at least 4 members (excludes halogenated alkanes) is 1. The van der Waals surface area contributed by atoms with Crippen molar-refractivity contribution in [1.82, 2.24) is 4.98 Å². The number of hydrogen-bond donors (Lipinski definition) is 0. The van der Waals surface area contributed by atoms with Gasteiger partial charge in [0.1, 0.15) is 10.8 Å². The first-order valence-corrected chi connectivity index (χ1v) is 7.35. The second-order valence-corrected chi connectivity index (χ2v) is 5.25. The van der Waals surface area contributed by atoms with Gasteiger partial charge in [0.25, 0.3) is 0 Å². The average Bonchev–Trinajstić information content (AvgIpc) is 2.71. The largest absolute Gasteiger partial charge is 0.494 e. The zero-order valence-corrected chi connectivity index (χ0v) is 11.6. The number of benzene rings is 1. The van der Waals surface area contributed by atoms with Gasteiger partial charge in [0, 0.05) is 0 Å². The van der Waals surface area contributed by atoms with Crippen molar-refractivity contribution >= 4 is 37.5 Å². The van der Waals surface area contributed by atoms with Gasteiger partial charge in [-0.3, -0.25) is 0 Å². The van der Waals surface area contributed by atoms with Gasteiger partial charge < -0.3 is 4.74 Å². The van der Waals surface area contributed by atoms with Crippen LogP contribution in [0.1, 0.15) is 24.8 Å². The summed E-state index contributed by atoms with van der Waals surface area (Å²) in [6.45, 7) is 2.96. The molecule has 0 unspecified atom stereocenters. The Morgan fingerprint density at radius 1 is 1.44 bits per heavy atom. The molecular formula is C12H14BrNOS. The number of ether oxygens (including phenoxy) is 1. The molecule has 1 aromatic heterocycles. The van der Waals surface area contributed by atoms with Crippen LogP contribution in [0, 0.1) is 0 Å². The van der Waals surface area contributed by atoms with E-state index in [1.54, 1.807) is 11.3 Å². The summed E-state index contributed by atoms with van der Waals surface area (Å²) in [6, 6.07) is 6.10. The Kier molecular flexibility index (Phi) is 4.18. The molecule has 0 spiro atoms. The first kappa shape index (κ1) is 11.9. The van der Waals surface area contributed by atoms with E-state index in [9.17, 15) is 0 Å². The first-order chi connectivity index (χ1) is 7.83. The number of halogens is 1. The third-order valence-electron chi connectivity index (χ3n) is 2.29. The zero-order chi connectivity index (χ0) is 11.4. The van der Waals surface area contributed by atoms with E-state index < -0.39 is 0 Å². The molecule has 0 saturated carbocycles. The van der Waals surface area contributed by atoms with Gasteiger partial charge in [0.2, 0.25) is 0 Å². The van der Waals surface area contributed by atoms with E-state index in [1.165, 1.54) is 4.70 Å². The molecule has 0 aliphatic heterocycles. The van der Waals surface area contributed by atoms with Crippen LogP contribution in [0.4, 0.5) is 0 Å². The molecule has 0 fully saturated rings. The van der Waals surface area contributed by atoms with Crippen molar-refractivity contribution in [2.45, 2.75) is 25.1 Å². The second kappa shape index (κ2) is 5.64. The van der Waals surface area contributed by atoms with E-state index in [-0.39, 0.29) is 0 Å². The molecule has 0 saturated heterocycles. The van der Waals surface area contributed by atoms with Crippen molar-refractivity contribution < 1.29 is 4.74 Å². The predicted molar refractivity (Wildman–Crippen MR) is 72.7 cm³/mol. The van der Waals surface area contributed by atoms with Crippen molar-refractivity contribution in [1.29, 1.82) is 0 Å². The number of alkyl halides is 1. The van der Waals surface area contributed by atoms with Crippen LogP contribution < -0.4 is 4.74 Å². The molecule has 0 atom stereocenters. The van der Waals surface area contributed by atoms with E-state index in [0.717, 1.165) is 41.1 Å². The SMILES string of the molecule is CCCCOc1ccc2nc(CBr)sc2c1. The summed E-state index contributed by atoms with van der Waals surface area (Å²) in [4.78, 5) is 4.48. The van der Waals surface area contributed by atoms with Crippen LogP contribution in [-0.2, 0) is 5.33 Å². The molecule has 0 amide bonds. The Morgan fingerprint density at radius 3 is 3.06 bits per heavy atom. The molecule has 0 aliphatic rings. The molecule has 0 radical (unpaired) electrons. The Labute approximate surface area is 108 Å². The number of rotatable bonds is 5. The summed E-state index contributed by atoms with van der Waals surface area (Å²) in [6.07, 6.45) is 2.27. The van der Waals surface area contributed by atoms with Gasteiger partial charge in [0.05, 0.1) is 22.2 Å². The lowest BCUT2D eigenvalue weighted by Crippen LogP contribution is -1.95. The van der Waals surface area contributed by atoms with Crippen LogP contribution in [-0.4, -0.2) is 11.6 Å². The van der Waals surface area contributed by atoms with E-state index in [1.807, 2.05) is 12.1 Å². The molecule has 4 heteroatoms. The van der Waals surface area contributed by atoms with E-state index in [4.69, 9.17) is 4.74 Å². The van der Waals surface area contributed by atoms with Crippen LogP contribution in [0.2, 0.25) is 0 Å². The molecule has 1 heterocycles. The molecule has 0 aliphatic carbocycles. The average molecular weight is 300 g/mol. The number of fused-ring (bicyclic) bond motifs is 1. The normalized spacial score (nSPS) is 10.9. The van der Waals surface area contributed by atoms with E-state index in [2.05, 4.69) is 33.9 Å². The van der Waals surface area contributed by atoms with Gasteiger partial charge >= 0.3 is 0 Å². The van der Waals surface area contributed by atoms with Gasteiger partial charge in [-0.25, -0.2) is 4.98 Å². The fraction of sp³-hybridized carbons (Fsp3) is 0.417. The molecule has 0 N–H and O–H groups in total. The summed E-state index contributed by atoms with van der Waals surface area (Å²) >= 11 is 5.13. The highest BCUT2D eigenvalue weighted by molar-refractivity contribution is 9.08. The van der Waals surface area contributed by atoms with Gasteiger partial charge in [0.15, 0.2) is 0 Å². The predicted octanol–water partition coefficient (Wildman–Crippen LogP) is 4.37. The number of nitrogens with zero attached hydrogens (tertiary/aromatic N) is 1. The molecule has 2 rings (SSSR count). The highest BCUT2D eigenvalue weighted by Gasteiger charge is 2.03. The Morgan fingerprint density at radius 2 is 2.31 bits per heavy atom. The van der Waals surface area contributed by atoms with E-state index >= 15 is 0 Å². The van der Waals surface area contributed by atoms with Gasteiger partial charge in [-0.15, -0.1) is 11.3 Å². The van der Waals surface area contributed by atoms with Crippen LogP contribution in [0.5, 0.6) is 5.75 Å². The van der Waals surface area contributed by atoms with Crippen LogP contribution >= 0.6 is 27.3 Å². The van der Waals surface area contributed by atoms with Crippen LogP contribution in [0.3, 0.4) is 0 Å². The summed E-state index contributed by atoms with van der Waals surface area (Å²) < 4.78 is 6.86. The number of hydrogen-bond acceptors (Lipinski definition) is 3. The molecule has 1 aromatic carbocycles. The van der Waals surface area contributed by atoms with Crippen molar-refractivity contribution in [3.8, 4) is 5.75 Å². The highest BCUT2D eigenvalue weighted by atomic mass is 79.9. The zero-order valence-electron chi connectivity index (χ0n) is 9.20. The van der Waals surface area contributed by atoms with Crippen molar-refractivity contribution in [3.63, 3.8) is 0 Å². The van der Waals surface area contributed by atoms with Gasteiger partial charge in [-0.2, -0.15) is 0 Å². The highest BCUT2D eigenvalue weighted by Crippen LogP contribution is 2.27. The van der Waals surface area contributed by atoms with Crippen LogP contribution in [0.15, 0.2) is 18.2 Å². The maximum Gasteiger partial charge on any atom is 0.120 e. The third kappa shape index (κ3) is 2.74. The lowest BCUT2D eigenvalue weighted by Gasteiger charge is -2.04. The first-order valence-electron chi connectivity index (χ1n) is 5.41. The third-order valence-corrected chi connectivity index (χ3v) is 4.21. The van der Waals surface area contributed by atoms with Crippen molar-refractivity contribution in [3.05, 3.63) is 23.2 Å². The maximum absolute atomic E-state index is 5.66. The monoisotopic (exact) mass is 299 g/mol. The molecule has 0 bridgehead atoms. The summed E-state index contributed by atoms with van der Waals surface area (Å²) in [5.74, 6) is 0.950. The smallest absolute Gasteiger partial charge is 0.120 e. The Bertz CT molecular complexity index is 469. The summed E-state index contributed by atoms with van der Waals surface area (Å²) in [5.41, 5.74) is 1.06. The minimum Gasteiger partial charge on any atom is -0.494 e. The quantitative estimate of drug-likeness (QED) is 0.604. The fourth-order valence-electron chi connectivity index (χ4n) is 1.43. The number of aromatic nitrogens is 1. The second-order valence-electron chi connectivity index (χ2n) is 3.57. The molecule has 16 heavy (non-hydrogen) atoms. The lowest BCUT2D eigenvalue weighted by molar-refractivity contribution is 0.310. The van der Waals surface area contributed by atoms with Crippen molar-refractivity contribution in [2.24, 2.45) is 0 Å². The lowest BCUT2D eigenvalue weighted by atomic mass is 10.3. The van der Waals surface area contributed by atoms with Gasteiger partial charge in [-0.1, -0.05) is 29.3 Å². The molecule has 86 valence electrons. The molecule has 2 aromatic rings. The van der Waals surface area contributed by atoms with Crippen molar-refractivity contribution in [2.75, 3.05) is 6.61 Å². The fourth-order valence-corrected chi connectivity index (χ4v) is 2.75.